The molecule has 0 bridgehead atoms. The average molecular weight is 286 g/mol. The minimum Gasteiger partial charge on any atom is -0.372 e. The lowest BCUT2D eigenvalue weighted by molar-refractivity contribution is 0.636. The smallest absolute Gasteiger partial charge is 0.269 e. The van der Waals surface area contributed by atoms with E-state index in [1.165, 1.54) is 15.8 Å². The number of likely N-dealkylation sites (N-methyl/N-ethyl adjacent to an activating group) is 1. The summed E-state index contributed by atoms with van der Waals surface area (Å²) >= 11 is 0. The zero-order chi connectivity index (χ0) is 15.4. The molecule has 0 aliphatic heterocycles. The Kier molecular flexibility index (Phi) is 4.75. The van der Waals surface area contributed by atoms with Crippen LogP contribution in [0.4, 0.5) is 5.69 Å². The van der Waals surface area contributed by atoms with Gasteiger partial charge in [0.15, 0.2) is 0 Å². The molecule has 21 heavy (non-hydrogen) atoms. The summed E-state index contributed by atoms with van der Waals surface area (Å²) in [4.78, 5) is 14.1. The molecule has 0 aliphatic rings. The normalized spacial score (nSPS) is 10.7. The van der Waals surface area contributed by atoms with Crippen molar-refractivity contribution in [2.24, 2.45) is 5.73 Å². The predicted octanol–water partition coefficient (Wildman–Crippen LogP) is 1.30. The molecule has 0 spiro atoms. The van der Waals surface area contributed by atoms with Gasteiger partial charge in [0.1, 0.15) is 0 Å². The first-order chi connectivity index (χ1) is 9.99. The summed E-state index contributed by atoms with van der Waals surface area (Å²) in [6.45, 7) is 5.84. The van der Waals surface area contributed by atoms with E-state index in [4.69, 9.17) is 5.73 Å². The van der Waals surface area contributed by atoms with Gasteiger partial charge in [0.2, 0.25) is 0 Å². The fourth-order valence-corrected chi connectivity index (χ4v) is 2.41. The van der Waals surface area contributed by atoms with Crippen LogP contribution in [-0.4, -0.2) is 29.9 Å². The van der Waals surface area contributed by atoms with Gasteiger partial charge in [-0.15, -0.1) is 0 Å². The van der Waals surface area contributed by atoms with Gasteiger partial charge in [0.05, 0.1) is 18.4 Å². The molecule has 1 aromatic carbocycles. The van der Waals surface area contributed by atoms with Crippen molar-refractivity contribution in [3.05, 3.63) is 57.5 Å². The molecule has 0 saturated heterocycles. The minimum absolute atomic E-state index is 0.101. The largest absolute Gasteiger partial charge is 0.372 e. The van der Waals surface area contributed by atoms with Crippen molar-refractivity contribution in [3.63, 3.8) is 0 Å². The maximum Gasteiger partial charge on any atom is 0.269 e. The molecular weight excluding hydrogens is 264 g/mol. The topological polar surface area (TPSA) is 64.2 Å². The summed E-state index contributed by atoms with van der Waals surface area (Å²) in [7, 11) is 1.90. The number of aromatic nitrogens is 2. The Labute approximate surface area is 125 Å². The van der Waals surface area contributed by atoms with Gasteiger partial charge in [-0.2, -0.15) is 5.10 Å². The Balaban J connectivity index is 2.23. The van der Waals surface area contributed by atoms with Crippen LogP contribution in [0.2, 0.25) is 0 Å². The standard InChI is InChI=1S/C16H22N4O/c1-12-6-13(2)8-14(7-12)11-20-16(21)9-15(10-18-20)19(3)5-4-17/h6-10H,4-5,11,17H2,1-3H3. The first kappa shape index (κ1) is 15.3. The highest BCUT2D eigenvalue weighted by Crippen LogP contribution is 2.10. The Morgan fingerprint density at radius 3 is 2.43 bits per heavy atom. The number of nitrogens with zero attached hydrogens (tertiary/aromatic N) is 3. The van der Waals surface area contributed by atoms with Gasteiger partial charge in [-0.3, -0.25) is 4.79 Å². The van der Waals surface area contributed by atoms with Crippen LogP contribution >= 0.6 is 0 Å². The van der Waals surface area contributed by atoms with E-state index in [1.807, 2.05) is 11.9 Å². The van der Waals surface area contributed by atoms with Gasteiger partial charge >= 0.3 is 0 Å². The lowest BCUT2D eigenvalue weighted by Gasteiger charge is -2.17. The number of anilines is 1. The summed E-state index contributed by atoms with van der Waals surface area (Å²) in [6.07, 6.45) is 1.71. The number of hydrogen-bond acceptors (Lipinski definition) is 4. The zero-order valence-electron chi connectivity index (χ0n) is 12.8. The van der Waals surface area contributed by atoms with E-state index in [0.717, 1.165) is 11.3 Å². The molecule has 2 aromatic rings. The second-order valence-electron chi connectivity index (χ2n) is 5.42. The van der Waals surface area contributed by atoms with Crippen LogP contribution < -0.4 is 16.2 Å². The third kappa shape index (κ3) is 3.92. The second-order valence-corrected chi connectivity index (χ2v) is 5.42. The minimum atomic E-state index is -0.101. The van der Waals surface area contributed by atoms with E-state index in [2.05, 4.69) is 37.1 Å². The Hall–Kier alpha value is -2.14. The van der Waals surface area contributed by atoms with Crippen LogP contribution in [-0.2, 0) is 6.54 Å². The summed E-state index contributed by atoms with van der Waals surface area (Å²) in [5.41, 5.74) is 9.68. The van der Waals surface area contributed by atoms with E-state index in [-0.39, 0.29) is 5.56 Å². The summed E-state index contributed by atoms with van der Waals surface area (Å²) in [5, 5.41) is 4.26. The molecule has 2 rings (SSSR count). The van der Waals surface area contributed by atoms with E-state index in [0.29, 0.717) is 19.6 Å². The van der Waals surface area contributed by atoms with Gasteiger partial charge in [0, 0.05) is 26.2 Å². The van der Waals surface area contributed by atoms with E-state index in [9.17, 15) is 4.79 Å². The molecule has 0 saturated carbocycles. The maximum atomic E-state index is 12.2. The van der Waals surface area contributed by atoms with Crippen LogP contribution in [0.5, 0.6) is 0 Å². The van der Waals surface area contributed by atoms with Crippen LogP contribution in [0.1, 0.15) is 16.7 Å². The van der Waals surface area contributed by atoms with Crippen molar-refractivity contribution in [1.29, 1.82) is 0 Å². The number of nitrogens with two attached hydrogens (primary N) is 1. The molecule has 1 heterocycles. The highest BCUT2D eigenvalue weighted by Gasteiger charge is 2.05. The third-order valence-electron chi connectivity index (χ3n) is 3.37. The molecule has 1 aromatic heterocycles. The number of aryl methyl sites for hydroxylation is 2. The van der Waals surface area contributed by atoms with Crippen molar-refractivity contribution >= 4 is 5.69 Å². The van der Waals surface area contributed by atoms with Crippen molar-refractivity contribution in [2.75, 3.05) is 25.0 Å². The molecule has 0 atom stereocenters. The molecule has 0 aliphatic carbocycles. The number of hydrogen-bond donors (Lipinski definition) is 1. The summed E-state index contributed by atoms with van der Waals surface area (Å²) in [5.74, 6) is 0. The lowest BCUT2D eigenvalue weighted by atomic mass is 10.1. The predicted molar refractivity (Wildman–Crippen MR) is 85.8 cm³/mol. The summed E-state index contributed by atoms with van der Waals surface area (Å²) < 4.78 is 1.48. The quantitative estimate of drug-likeness (QED) is 0.900. The van der Waals surface area contributed by atoms with E-state index >= 15 is 0 Å². The molecule has 5 nitrogen and oxygen atoms in total. The van der Waals surface area contributed by atoms with Gasteiger partial charge in [-0.25, -0.2) is 4.68 Å². The Morgan fingerprint density at radius 2 is 1.86 bits per heavy atom. The second kappa shape index (κ2) is 6.54. The fourth-order valence-electron chi connectivity index (χ4n) is 2.41. The first-order valence-corrected chi connectivity index (χ1v) is 7.05. The summed E-state index contributed by atoms with van der Waals surface area (Å²) in [6, 6.07) is 7.88. The molecule has 0 radical (unpaired) electrons. The first-order valence-electron chi connectivity index (χ1n) is 7.05. The zero-order valence-corrected chi connectivity index (χ0v) is 12.8. The maximum absolute atomic E-state index is 12.2. The average Bonchev–Trinajstić information content (AvgIpc) is 2.40. The van der Waals surface area contributed by atoms with Gasteiger partial charge in [-0.05, 0) is 19.4 Å². The van der Waals surface area contributed by atoms with Gasteiger partial charge < -0.3 is 10.6 Å². The van der Waals surface area contributed by atoms with Crippen molar-refractivity contribution in [3.8, 4) is 0 Å². The molecule has 0 fully saturated rings. The van der Waals surface area contributed by atoms with Crippen LogP contribution in [0.3, 0.4) is 0 Å². The molecule has 5 heteroatoms. The van der Waals surface area contributed by atoms with Crippen LogP contribution in [0.15, 0.2) is 35.3 Å². The molecular formula is C16H22N4O. The van der Waals surface area contributed by atoms with E-state index in [1.54, 1.807) is 12.3 Å². The SMILES string of the molecule is Cc1cc(C)cc(Cn2ncc(N(C)CCN)cc2=O)c1. The third-order valence-corrected chi connectivity index (χ3v) is 3.37. The van der Waals surface area contributed by atoms with Crippen LogP contribution in [0.25, 0.3) is 0 Å². The highest BCUT2D eigenvalue weighted by molar-refractivity contribution is 5.41. The molecule has 0 unspecified atom stereocenters. The highest BCUT2D eigenvalue weighted by atomic mass is 16.1. The van der Waals surface area contributed by atoms with Crippen molar-refractivity contribution in [2.45, 2.75) is 20.4 Å². The van der Waals surface area contributed by atoms with E-state index < -0.39 is 0 Å². The van der Waals surface area contributed by atoms with Crippen molar-refractivity contribution < 1.29 is 0 Å². The number of benzene rings is 1. The Bertz CT molecular complexity index is 658. The molecule has 2 N–H and O–H groups in total. The van der Waals surface area contributed by atoms with Gasteiger partial charge in [0.25, 0.3) is 5.56 Å². The number of rotatable bonds is 5. The molecule has 112 valence electrons. The van der Waals surface area contributed by atoms with Gasteiger partial charge in [-0.1, -0.05) is 29.3 Å². The van der Waals surface area contributed by atoms with Crippen molar-refractivity contribution in [1.82, 2.24) is 9.78 Å². The molecule has 0 amide bonds. The Morgan fingerprint density at radius 1 is 1.19 bits per heavy atom. The lowest BCUT2D eigenvalue weighted by Crippen LogP contribution is -2.29. The van der Waals surface area contributed by atoms with Crippen LogP contribution in [0, 0.1) is 13.8 Å². The fraction of sp³-hybridized carbons (Fsp3) is 0.375. The monoisotopic (exact) mass is 286 g/mol.